The fourth-order valence-electron chi connectivity index (χ4n) is 3.15. The van der Waals surface area contributed by atoms with Crippen LogP contribution in [-0.2, 0) is 28.0 Å². The van der Waals surface area contributed by atoms with Crippen LogP contribution in [0.25, 0.3) is 0 Å². The van der Waals surface area contributed by atoms with Gasteiger partial charge >= 0.3 is 6.18 Å². The number of carbonyl (C=O) groups excluding carboxylic acids is 1. The van der Waals surface area contributed by atoms with Crippen LogP contribution in [0.5, 0.6) is 0 Å². The molecule has 1 aliphatic heterocycles. The lowest BCUT2D eigenvalue weighted by molar-refractivity contribution is -0.137. The fourth-order valence-corrected chi connectivity index (χ4v) is 4.65. The monoisotopic (exact) mass is 445 g/mol. The van der Waals surface area contributed by atoms with Crippen LogP contribution >= 0.6 is 0 Å². The first kappa shape index (κ1) is 22.1. The molecule has 2 N–H and O–H groups in total. The summed E-state index contributed by atoms with van der Waals surface area (Å²) in [6, 6.07) is 4.47. The van der Waals surface area contributed by atoms with Gasteiger partial charge in [0.05, 0.1) is 11.3 Å². The second-order valence-electron chi connectivity index (χ2n) is 7.11. The lowest BCUT2D eigenvalue weighted by Gasteiger charge is -2.30. The number of nitrogens with zero attached hydrogens (tertiary/aromatic N) is 3. The van der Waals surface area contributed by atoms with E-state index in [9.17, 15) is 26.4 Å². The van der Waals surface area contributed by atoms with E-state index in [1.165, 1.54) is 22.6 Å². The number of nitrogens with one attached hydrogen (secondary N) is 2. The van der Waals surface area contributed by atoms with E-state index < -0.39 is 33.6 Å². The number of benzene rings is 1. The first-order valence-electron chi connectivity index (χ1n) is 9.22. The Morgan fingerprint density at radius 1 is 1.23 bits per heavy atom. The maximum absolute atomic E-state index is 12.8. The summed E-state index contributed by atoms with van der Waals surface area (Å²) in [6.45, 7) is 2.01. The van der Waals surface area contributed by atoms with Gasteiger partial charge in [-0.3, -0.25) is 15.6 Å². The van der Waals surface area contributed by atoms with Crippen molar-refractivity contribution in [1.29, 1.82) is 0 Å². The maximum Gasteiger partial charge on any atom is 0.416 e. The van der Waals surface area contributed by atoms with Gasteiger partial charge in [0.25, 0.3) is 10.0 Å². The van der Waals surface area contributed by atoms with E-state index in [-0.39, 0.29) is 23.8 Å². The third-order valence-electron chi connectivity index (χ3n) is 5.04. The average molecular weight is 445 g/mol. The summed E-state index contributed by atoms with van der Waals surface area (Å²) in [5.41, 5.74) is 4.16. The Labute approximate surface area is 172 Å². The number of piperidine rings is 1. The number of rotatable bonds is 5. The fraction of sp³-hybridized carbons (Fsp3) is 0.444. The number of carbonyl (C=O) groups is 1. The second kappa shape index (κ2) is 8.26. The van der Waals surface area contributed by atoms with Crippen LogP contribution in [0.1, 0.15) is 24.2 Å². The lowest BCUT2D eigenvalue weighted by Crippen LogP contribution is -2.44. The molecule has 12 heteroatoms. The molecule has 164 valence electrons. The van der Waals surface area contributed by atoms with E-state index in [0.717, 1.165) is 12.1 Å². The second-order valence-corrected chi connectivity index (χ2v) is 8.99. The summed E-state index contributed by atoms with van der Waals surface area (Å²) in [5, 5.41) is -0.0309. The maximum atomic E-state index is 12.8. The first-order valence-corrected chi connectivity index (χ1v) is 10.7. The van der Waals surface area contributed by atoms with Crippen LogP contribution in [0.2, 0.25) is 0 Å². The average Bonchev–Trinajstić information content (AvgIpc) is 3.05. The third-order valence-corrected chi connectivity index (χ3v) is 6.81. The predicted octanol–water partition coefficient (Wildman–Crippen LogP) is 2.29. The van der Waals surface area contributed by atoms with Crippen molar-refractivity contribution in [2.45, 2.75) is 31.0 Å². The van der Waals surface area contributed by atoms with Gasteiger partial charge in [-0.25, -0.2) is 13.4 Å². The molecule has 0 radical (unpaired) electrons. The van der Waals surface area contributed by atoms with E-state index >= 15 is 0 Å². The summed E-state index contributed by atoms with van der Waals surface area (Å²) in [5.74, 6) is -0.290. The van der Waals surface area contributed by atoms with E-state index in [4.69, 9.17) is 0 Å². The Kier molecular flexibility index (Phi) is 6.09. The highest BCUT2D eigenvalue weighted by Gasteiger charge is 2.34. The number of amides is 1. The van der Waals surface area contributed by atoms with Crippen molar-refractivity contribution in [3.05, 3.63) is 41.9 Å². The molecule has 0 atom stereocenters. The molecule has 30 heavy (non-hydrogen) atoms. The number of anilines is 1. The number of sulfonamides is 1. The van der Waals surface area contributed by atoms with Crippen molar-refractivity contribution in [3.8, 4) is 0 Å². The minimum Gasteiger partial charge on any atom is -0.337 e. The number of halogens is 3. The molecule has 8 nitrogen and oxygen atoms in total. The molecule has 0 unspecified atom stereocenters. The largest absolute Gasteiger partial charge is 0.416 e. The molecule has 2 aromatic rings. The normalized spacial score (nSPS) is 16.4. The van der Waals surface area contributed by atoms with Crippen LogP contribution < -0.4 is 10.9 Å². The Bertz CT molecular complexity index is 1010. The number of aryl methyl sites for hydroxylation is 2. The van der Waals surface area contributed by atoms with Gasteiger partial charge in [0.1, 0.15) is 5.82 Å². The Morgan fingerprint density at radius 2 is 1.90 bits per heavy atom. The highest BCUT2D eigenvalue weighted by molar-refractivity contribution is 7.89. The summed E-state index contributed by atoms with van der Waals surface area (Å²) in [4.78, 5) is 16.4. The topological polar surface area (TPSA) is 96.3 Å². The van der Waals surface area contributed by atoms with E-state index in [1.54, 1.807) is 18.5 Å². The van der Waals surface area contributed by atoms with Crippen molar-refractivity contribution in [3.63, 3.8) is 0 Å². The number of alkyl halides is 3. The molecule has 1 saturated heterocycles. The Balaban J connectivity index is 1.55. The van der Waals surface area contributed by atoms with Gasteiger partial charge in [-0.2, -0.15) is 17.5 Å². The molecular weight excluding hydrogens is 423 g/mol. The van der Waals surface area contributed by atoms with Gasteiger partial charge in [-0.05, 0) is 38.0 Å². The molecule has 1 aromatic heterocycles. The number of hydrogen-bond donors (Lipinski definition) is 2. The van der Waals surface area contributed by atoms with Crippen LogP contribution in [-0.4, -0.2) is 41.3 Å². The highest BCUT2D eigenvalue weighted by Crippen LogP contribution is 2.30. The third kappa shape index (κ3) is 4.75. The number of aromatic nitrogens is 2. The zero-order valence-electron chi connectivity index (χ0n) is 16.4. The van der Waals surface area contributed by atoms with Gasteiger partial charge in [-0.1, -0.05) is 6.07 Å². The summed E-state index contributed by atoms with van der Waals surface area (Å²) in [7, 11) is -2.04. The molecule has 1 aromatic carbocycles. The molecule has 1 aliphatic rings. The zero-order valence-corrected chi connectivity index (χ0v) is 17.2. The van der Waals surface area contributed by atoms with Crippen LogP contribution in [0.15, 0.2) is 35.5 Å². The Morgan fingerprint density at radius 3 is 2.47 bits per heavy atom. The summed E-state index contributed by atoms with van der Waals surface area (Å²) < 4.78 is 66.6. The molecule has 0 aliphatic carbocycles. The SMILES string of the molecule is Cc1nc(S(=O)(=O)N2CCC(C(=O)NNc3cccc(C(F)(F)F)c3)CC2)cn1C. The van der Waals surface area contributed by atoms with Crippen LogP contribution in [0.3, 0.4) is 0 Å². The lowest BCUT2D eigenvalue weighted by atomic mass is 9.98. The predicted molar refractivity (Wildman–Crippen MR) is 103 cm³/mol. The van der Waals surface area contributed by atoms with Gasteiger partial charge < -0.3 is 4.57 Å². The molecule has 0 bridgehead atoms. The molecule has 0 spiro atoms. The molecule has 1 fully saturated rings. The molecule has 2 heterocycles. The van der Waals surface area contributed by atoms with Crippen molar-refractivity contribution >= 4 is 21.6 Å². The molecule has 0 saturated carbocycles. The number of hydrazine groups is 1. The quantitative estimate of drug-likeness (QED) is 0.689. The first-order chi connectivity index (χ1) is 14.0. The minimum atomic E-state index is -4.48. The van der Waals surface area contributed by atoms with Crippen molar-refractivity contribution in [2.75, 3.05) is 18.5 Å². The van der Waals surface area contributed by atoms with E-state index in [1.807, 2.05) is 0 Å². The molecule has 3 rings (SSSR count). The van der Waals surface area contributed by atoms with E-state index in [2.05, 4.69) is 15.8 Å². The summed E-state index contributed by atoms with van der Waals surface area (Å²) >= 11 is 0. The molecule has 1 amide bonds. The number of hydrogen-bond acceptors (Lipinski definition) is 5. The Hall–Kier alpha value is -2.60. The van der Waals surface area contributed by atoms with E-state index in [0.29, 0.717) is 18.7 Å². The highest BCUT2D eigenvalue weighted by atomic mass is 32.2. The van der Waals surface area contributed by atoms with Crippen molar-refractivity contribution < 1.29 is 26.4 Å². The van der Waals surface area contributed by atoms with Gasteiger partial charge in [0.2, 0.25) is 5.91 Å². The standard InChI is InChI=1S/C18H22F3N5O3S/c1-12-22-16(11-25(12)2)30(28,29)26-8-6-13(7-9-26)17(27)24-23-15-5-3-4-14(10-15)18(19,20)21/h3-5,10-11,13,23H,6-9H2,1-2H3,(H,24,27). The van der Waals surface area contributed by atoms with Crippen molar-refractivity contribution in [2.24, 2.45) is 13.0 Å². The van der Waals surface area contributed by atoms with Crippen LogP contribution in [0, 0.1) is 12.8 Å². The number of imidazole rings is 1. The minimum absolute atomic E-state index is 0.0309. The smallest absolute Gasteiger partial charge is 0.337 e. The van der Waals surface area contributed by atoms with Gasteiger partial charge in [0.15, 0.2) is 5.03 Å². The van der Waals surface area contributed by atoms with Crippen LogP contribution in [0.4, 0.5) is 18.9 Å². The van der Waals surface area contributed by atoms with Gasteiger partial charge in [-0.15, -0.1) is 0 Å². The van der Waals surface area contributed by atoms with Crippen molar-refractivity contribution in [1.82, 2.24) is 19.3 Å². The zero-order chi connectivity index (χ0) is 22.1. The molecular formula is C18H22F3N5O3S. The summed E-state index contributed by atoms with van der Waals surface area (Å²) in [6.07, 6.45) is -2.45. The van der Waals surface area contributed by atoms with Gasteiger partial charge in [0, 0.05) is 32.3 Å².